The van der Waals surface area contributed by atoms with Gasteiger partial charge in [-0.15, -0.1) is 11.3 Å². The second kappa shape index (κ2) is 30.3. The maximum Gasteiger partial charge on any atom is 0.252 e. The van der Waals surface area contributed by atoms with Crippen LogP contribution in [0.15, 0.2) is 96.8 Å². The smallest absolute Gasteiger partial charge is 0.252 e. The lowest BCUT2D eigenvalue weighted by Crippen LogP contribution is -2.55. The van der Waals surface area contributed by atoms with Gasteiger partial charge in [0, 0.05) is 73.8 Å². The number of pyridine rings is 1. The van der Waals surface area contributed by atoms with Gasteiger partial charge in [-0.2, -0.15) is 5.10 Å². The fraction of sp³-hybridized carbons (Fsp3) is 0.507. The standard InChI is InChI=1S/C67H85N11O10S/c1-46-59(89-45-71-46)48-18-16-47(17-19-48)42-70-62(82)56-40-52(79)43-77(56)64(83)67(65(2,3)4)44-78(67)58(80)15-8-7-10-32-85-36-38-86-37-35-84-31-9-5-6-11-33-87-53-20-21-57-54(41-53)55(24-34-88-57)72-61(81)50-13-12-14-51(39-50)74-66(25-29-69-30-26-66)63-73-60(75-76-63)49-22-27-68-28-23-49/h12-14,16-23,27-28,39,41,45,55-56,69,74H,5-11,15,24-26,29-38,40,42-44H2,1-4H3,(H,70,82)(H,72,81)(H,73,75,76)/t55?,56-,67+,78?/m0/s1. The average Bonchev–Trinajstić information content (AvgIpc) is 1.55. The monoisotopic (exact) mass is 1240 g/mol. The molecule has 3 aromatic heterocycles. The van der Waals surface area contributed by atoms with Gasteiger partial charge in [-0.1, -0.05) is 63.9 Å². The van der Waals surface area contributed by atoms with E-state index < -0.39 is 22.5 Å². The fourth-order valence-electron chi connectivity index (χ4n) is 12.1. The Morgan fingerprint density at radius 1 is 0.820 bits per heavy atom. The third kappa shape index (κ3) is 16.2. The van der Waals surface area contributed by atoms with Gasteiger partial charge in [-0.05, 0) is 130 Å². The number of nitrogens with zero attached hydrogens (tertiary/aromatic N) is 6. The van der Waals surface area contributed by atoms with E-state index in [9.17, 15) is 24.0 Å². The van der Waals surface area contributed by atoms with Crippen LogP contribution in [0.2, 0.25) is 0 Å². The molecule has 89 heavy (non-hydrogen) atoms. The quantitative estimate of drug-likeness (QED) is 0.0201. The number of carbonyl (C=O) groups is 5. The van der Waals surface area contributed by atoms with Crippen molar-refractivity contribution in [1.82, 2.24) is 50.9 Å². The molecule has 474 valence electrons. The molecular formula is C67H85N11O10S. The molecule has 22 heteroatoms. The molecule has 5 N–H and O–H groups in total. The molecule has 0 radical (unpaired) electrons. The molecular weight excluding hydrogens is 1150 g/mol. The number of hydrogen-bond donors (Lipinski definition) is 5. The lowest BCUT2D eigenvalue weighted by Gasteiger charge is -2.37. The molecule has 21 nitrogen and oxygen atoms in total. The zero-order valence-corrected chi connectivity index (χ0v) is 52.6. The van der Waals surface area contributed by atoms with Crippen LogP contribution in [-0.2, 0) is 45.5 Å². The van der Waals surface area contributed by atoms with Crippen LogP contribution in [0, 0.1) is 12.3 Å². The molecule has 1 unspecified atom stereocenters. The van der Waals surface area contributed by atoms with Crippen molar-refractivity contribution in [2.45, 2.75) is 134 Å². The Bertz CT molecular complexity index is 3350. The Balaban J connectivity index is 0.550. The van der Waals surface area contributed by atoms with Gasteiger partial charge in [-0.3, -0.25) is 34.1 Å². The summed E-state index contributed by atoms with van der Waals surface area (Å²) in [7, 11) is 0. The molecule has 4 aliphatic heterocycles. The molecule has 0 bridgehead atoms. The second-order valence-corrected chi connectivity index (χ2v) is 25.4. The van der Waals surface area contributed by atoms with Gasteiger partial charge >= 0.3 is 0 Å². The molecule has 0 saturated carbocycles. The highest BCUT2D eigenvalue weighted by atomic mass is 32.1. The van der Waals surface area contributed by atoms with Crippen LogP contribution in [0.4, 0.5) is 5.69 Å². The van der Waals surface area contributed by atoms with Crippen molar-refractivity contribution in [3.8, 4) is 33.3 Å². The van der Waals surface area contributed by atoms with E-state index in [-0.39, 0.29) is 61.5 Å². The molecule has 3 atom stereocenters. The first-order valence-corrected chi connectivity index (χ1v) is 32.4. The van der Waals surface area contributed by atoms with E-state index in [0.717, 1.165) is 120 Å². The van der Waals surface area contributed by atoms with Gasteiger partial charge in [-0.25, -0.2) is 9.97 Å². The van der Waals surface area contributed by atoms with E-state index in [1.165, 1.54) is 4.90 Å². The summed E-state index contributed by atoms with van der Waals surface area (Å²) >= 11 is 1.58. The summed E-state index contributed by atoms with van der Waals surface area (Å²) in [6.45, 7) is 14.0. The number of carbonyl (C=O) groups excluding carboxylic acids is 5. The van der Waals surface area contributed by atoms with Crippen molar-refractivity contribution >= 4 is 46.4 Å². The van der Waals surface area contributed by atoms with E-state index in [1.807, 2.05) is 112 Å². The number of unbranched alkanes of at least 4 members (excludes halogenated alkanes) is 5. The number of H-pyrrole nitrogens is 1. The number of hydrogen-bond acceptors (Lipinski definition) is 17. The summed E-state index contributed by atoms with van der Waals surface area (Å²) in [4.78, 5) is 85.6. The highest BCUT2D eigenvalue weighted by Gasteiger charge is 2.69. The maximum absolute atomic E-state index is 14.4. The van der Waals surface area contributed by atoms with E-state index in [0.29, 0.717) is 83.5 Å². The summed E-state index contributed by atoms with van der Waals surface area (Å²) < 4.78 is 29.5. The largest absolute Gasteiger partial charge is 0.494 e. The molecule has 4 amide bonds. The number of ether oxygens (including phenoxy) is 5. The van der Waals surface area contributed by atoms with E-state index in [4.69, 9.17) is 28.7 Å². The Labute approximate surface area is 525 Å². The van der Waals surface area contributed by atoms with Crippen molar-refractivity contribution in [1.29, 1.82) is 0 Å². The molecule has 6 aromatic rings. The number of amides is 4. The normalized spacial score (nSPS) is 18.7. The number of piperidine rings is 1. The van der Waals surface area contributed by atoms with Crippen molar-refractivity contribution < 1.29 is 47.7 Å². The third-order valence-corrected chi connectivity index (χ3v) is 18.3. The van der Waals surface area contributed by atoms with Crippen LogP contribution in [-0.4, -0.2) is 155 Å². The fourth-order valence-corrected chi connectivity index (χ4v) is 12.9. The zero-order chi connectivity index (χ0) is 62.2. The third-order valence-electron chi connectivity index (χ3n) is 17.3. The molecule has 0 aliphatic carbocycles. The highest BCUT2D eigenvalue weighted by Crippen LogP contribution is 2.50. The number of Topliss-reactive ketones (excluding diaryl/α,β-unsaturated/α-hetero) is 1. The molecule has 0 spiro atoms. The number of aryl methyl sites for hydroxylation is 1. The molecule has 7 heterocycles. The predicted molar refractivity (Wildman–Crippen MR) is 338 cm³/mol. The van der Waals surface area contributed by atoms with Gasteiger partial charge in [0.15, 0.2) is 17.4 Å². The van der Waals surface area contributed by atoms with Crippen LogP contribution in [0.5, 0.6) is 11.5 Å². The Morgan fingerprint density at radius 3 is 2.26 bits per heavy atom. The minimum atomic E-state index is -1.12. The van der Waals surface area contributed by atoms with Gasteiger partial charge < -0.3 is 54.8 Å². The van der Waals surface area contributed by atoms with Crippen LogP contribution < -0.4 is 30.7 Å². The van der Waals surface area contributed by atoms with Crippen molar-refractivity contribution in [2.24, 2.45) is 5.41 Å². The predicted octanol–water partition coefficient (Wildman–Crippen LogP) is 8.91. The summed E-state index contributed by atoms with van der Waals surface area (Å²) in [5, 5.41) is 21.1. The molecule has 10 rings (SSSR count). The molecule has 3 saturated heterocycles. The zero-order valence-electron chi connectivity index (χ0n) is 51.7. The maximum atomic E-state index is 14.4. The highest BCUT2D eigenvalue weighted by molar-refractivity contribution is 7.13. The van der Waals surface area contributed by atoms with Gasteiger partial charge in [0.2, 0.25) is 11.8 Å². The van der Waals surface area contributed by atoms with Crippen LogP contribution in [0.3, 0.4) is 0 Å². The van der Waals surface area contributed by atoms with Crippen molar-refractivity contribution in [3.05, 3.63) is 125 Å². The SMILES string of the molecule is Cc1ncsc1-c1ccc(CNC(=O)[C@@H]2CC(=O)CN2C(=O)[C@@]2(C(C)(C)C)CN2C(=O)CCCCCOCCOCCOCCCCCCOc2ccc3c(c2)C(NC(=O)c2cccc(NC4(c5nc(-c6ccncc6)n[nH]5)CCNCC4)c2)CCO3)cc1. The Kier molecular flexibility index (Phi) is 21.9. The average molecular weight is 1240 g/mol. The second-order valence-electron chi connectivity index (χ2n) is 24.5. The van der Waals surface area contributed by atoms with E-state index in [2.05, 4.69) is 41.4 Å². The van der Waals surface area contributed by atoms with Crippen molar-refractivity contribution in [3.63, 3.8) is 0 Å². The molecule has 3 aromatic carbocycles. The first-order chi connectivity index (χ1) is 43.2. The number of fused-ring (bicyclic) bond motifs is 1. The van der Waals surface area contributed by atoms with Crippen LogP contribution in [0.25, 0.3) is 21.8 Å². The van der Waals surface area contributed by atoms with Gasteiger partial charge in [0.25, 0.3) is 11.8 Å². The number of benzene rings is 3. The number of nitrogens with one attached hydrogen (secondary N) is 5. The number of thiazole rings is 1. The number of aromatic nitrogens is 5. The minimum Gasteiger partial charge on any atom is -0.494 e. The first kappa shape index (κ1) is 64.4. The van der Waals surface area contributed by atoms with Crippen LogP contribution in [0.1, 0.15) is 137 Å². The van der Waals surface area contributed by atoms with E-state index >= 15 is 0 Å². The van der Waals surface area contributed by atoms with Gasteiger partial charge in [0.1, 0.15) is 23.1 Å². The Hall–Kier alpha value is -7.63. The molecule has 4 aliphatic rings. The minimum absolute atomic E-state index is 0.0513. The summed E-state index contributed by atoms with van der Waals surface area (Å²) in [5.74, 6) is 1.69. The number of ketones is 1. The number of likely N-dealkylation sites (tertiary alicyclic amines) is 1. The van der Waals surface area contributed by atoms with Gasteiger partial charge in [0.05, 0.1) is 80.4 Å². The van der Waals surface area contributed by atoms with Crippen LogP contribution >= 0.6 is 11.3 Å². The summed E-state index contributed by atoms with van der Waals surface area (Å²) in [5.41, 5.74) is 5.66. The van der Waals surface area contributed by atoms with E-state index in [1.54, 1.807) is 28.6 Å². The number of anilines is 1. The first-order valence-electron chi connectivity index (χ1n) is 31.5. The summed E-state index contributed by atoms with van der Waals surface area (Å²) in [6.07, 6.45) is 12.0. The Morgan fingerprint density at radius 2 is 1.54 bits per heavy atom. The lowest BCUT2D eigenvalue weighted by atomic mass is 9.78. The number of rotatable bonds is 31. The number of aromatic amines is 1. The molecule has 3 fully saturated rings. The van der Waals surface area contributed by atoms with Crippen molar-refractivity contribution in [2.75, 3.05) is 84.4 Å². The lowest BCUT2D eigenvalue weighted by molar-refractivity contribution is -0.146. The topological polar surface area (TPSA) is 253 Å². The summed E-state index contributed by atoms with van der Waals surface area (Å²) in [6, 6.07) is 24.0.